The van der Waals surface area contributed by atoms with Crippen molar-refractivity contribution in [3.63, 3.8) is 0 Å². The van der Waals surface area contributed by atoms with Gasteiger partial charge in [-0.25, -0.2) is 4.98 Å². The van der Waals surface area contributed by atoms with Gasteiger partial charge in [0.05, 0.1) is 17.8 Å². The van der Waals surface area contributed by atoms with Crippen LogP contribution in [0.15, 0.2) is 60.0 Å². The molecule has 0 radical (unpaired) electrons. The van der Waals surface area contributed by atoms with Gasteiger partial charge in [0.1, 0.15) is 0 Å². The van der Waals surface area contributed by atoms with Gasteiger partial charge in [-0.1, -0.05) is 30.3 Å². The molecule has 5 nitrogen and oxygen atoms in total. The highest BCUT2D eigenvalue weighted by atomic mass is 32.1. The average Bonchev–Trinajstić information content (AvgIpc) is 3.32. The molecule has 2 heterocycles. The summed E-state index contributed by atoms with van der Waals surface area (Å²) in [6, 6.07) is 17.3. The van der Waals surface area contributed by atoms with Crippen molar-refractivity contribution in [2.24, 2.45) is 0 Å². The molecule has 0 spiro atoms. The first-order valence-electron chi connectivity index (χ1n) is 9.31. The second-order valence-corrected chi connectivity index (χ2v) is 7.66. The lowest BCUT2D eigenvalue weighted by Crippen LogP contribution is -2.27. The summed E-state index contributed by atoms with van der Waals surface area (Å²) in [6.45, 7) is 2.69. The molecule has 0 aliphatic carbocycles. The third-order valence-electron chi connectivity index (χ3n) is 4.74. The second kappa shape index (κ2) is 7.94. The van der Waals surface area contributed by atoms with E-state index in [0.29, 0.717) is 11.6 Å². The fourth-order valence-corrected chi connectivity index (χ4v) is 4.19. The molecule has 28 heavy (non-hydrogen) atoms. The fourth-order valence-electron chi connectivity index (χ4n) is 3.35. The molecule has 1 aliphatic heterocycles. The Hall–Kier alpha value is -2.99. The molecule has 1 aliphatic rings. The molecular weight excluding hydrogens is 370 g/mol. The monoisotopic (exact) mass is 391 g/mol. The van der Waals surface area contributed by atoms with Gasteiger partial charge in [-0.15, -0.1) is 11.3 Å². The SMILES string of the molecule is Cc1csc(N(C(=O)Cc2ccc(N3CCCC3=O)cc2)c2ccccc2)n1. The summed E-state index contributed by atoms with van der Waals surface area (Å²) in [7, 11) is 0. The molecule has 1 fully saturated rings. The van der Waals surface area contributed by atoms with Gasteiger partial charge in [-0.3, -0.25) is 14.5 Å². The Morgan fingerprint density at radius 1 is 1.14 bits per heavy atom. The second-order valence-electron chi connectivity index (χ2n) is 6.83. The van der Waals surface area contributed by atoms with Crippen LogP contribution in [0.4, 0.5) is 16.5 Å². The van der Waals surface area contributed by atoms with Crippen LogP contribution in [0.1, 0.15) is 24.1 Å². The molecule has 6 heteroatoms. The molecule has 0 N–H and O–H groups in total. The van der Waals surface area contributed by atoms with Crippen molar-refractivity contribution in [1.82, 2.24) is 4.98 Å². The molecule has 2 aromatic carbocycles. The van der Waals surface area contributed by atoms with E-state index in [2.05, 4.69) is 4.98 Å². The van der Waals surface area contributed by atoms with Crippen LogP contribution in [-0.2, 0) is 16.0 Å². The van der Waals surface area contributed by atoms with Gasteiger partial charge in [0.2, 0.25) is 11.8 Å². The zero-order valence-electron chi connectivity index (χ0n) is 15.7. The maximum Gasteiger partial charge on any atom is 0.237 e. The van der Waals surface area contributed by atoms with E-state index in [1.165, 1.54) is 11.3 Å². The number of carbonyl (C=O) groups excluding carboxylic acids is 2. The largest absolute Gasteiger partial charge is 0.312 e. The number of amides is 2. The quantitative estimate of drug-likeness (QED) is 0.644. The van der Waals surface area contributed by atoms with Gasteiger partial charge in [0.25, 0.3) is 0 Å². The maximum atomic E-state index is 13.1. The lowest BCUT2D eigenvalue weighted by molar-refractivity contribution is -0.118. The molecule has 1 saturated heterocycles. The molecule has 0 atom stereocenters. The van der Waals surface area contributed by atoms with Crippen LogP contribution in [0.2, 0.25) is 0 Å². The van der Waals surface area contributed by atoms with Crippen LogP contribution in [0.3, 0.4) is 0 Å². The average molecular weight is 391 g/mol. The van der Waals surface area contributed by atoms with Crippen LogP contribution in [-0.4, -0.2) is 23.3 Å². The van der Waals surface area contributed by atoms with Crippen molar-refractivity contribution >= 4 is 39.7 Å². The third kappa shape index (κ3) is 3.82. The Bertz CT molecular complexity index is 983. The first kappa shape index (κ1) is 18.4. The van der Waals surface area contributed by atoms with Crippen molar-refractivity contribution in [2.75, 3.05) is 16.3 Å². The lowest BCUT2D eigenvalue weighted by atomic mass is 10.1. The van der Waals surface area contributed by atoms with Crippen molar-refractivity contribution in [2.45, 2.75) is 26.2 Å². The molecule has 4 rings (SSSR count). The summed E-state index contributed by atoms with van der Waals surface area (Å²) in [5, 5.41) is 2.62. The molecule has 0 saturated carbocycles. The maximum absolute atomic E-state index is 13.1. The third-order valence-corrected chi connectivity index (χ3v) is 5.68. The number of rotatable bonds is 5. The zero-order valence-corrected chi connectivity index (χ0v) is 16.5. The number of para-hydroxylation sites is 1. The molecule has 3 aromatic rings. The van der Waals surface area contributed by atoms with Crippen LogP contribution in [0.25, 0.3) is 0 Å². The number of aromatic nitrogens is 1. The minimum Gasteiger partial charge on any atom is -0.312 e. The summed E-state index contributed by atoms with van der Waals surface area (Å²) in [4.78, 5) is 33.0. The molecule has 0 unspecified atom stereocenters. The molecule has 1 aromatic heterocycles. The number of hydrogen-bond donors (Lipinski definition) is 0. The Morgan fingerprint density at radius 2 is 1.89 bits per heavy atom. The Morgan fingerprint density at radius 3 is 2.50 bits per heavy atom. The summed E-state index contributed by atoms with van der Waals surface area (Å²) in [6.07, 6.45) is 1.78. The molecule has 0 bridgehead atoms. The summed E-state index contributed by atoms with van der Waals surface area (Å²) in [5.74, 6) is 0.128. The number of carbonyl (C=O) groups is 2. The topological polar surface area (TPSA) is 53.5 Å². The number of anilines is 3. The van der Waals surface area contributed by atoms with E-state index in [1.807, 2.05) is 66.9 Å². The highest BCUT2D eigenvalue weighted by Crippen LogP contribution is 2.29. The van der Waals surface area contributed by atoms with Crippen molar-refractivity contribution in [1.29, 1.82) is 0 Å². The normalized spacial score (nSPS) is 13.8. The number of aryl methyl sites for hydroxylation is 1. The number of benzene rings is 2. The van der Waals surface area contributed by atoms with E-state index in [1.54, 1.807) is 9.80 Å². The first-order valence-corrected chi connectivity index (χ1v) is 10.2. The van der Waals surface area contributed by atoms with Crippen LogP contribution < -0.4 is 9.80 Å². The first-order chi connectivity index (χ1) is 13.6. The fraction of sp³-hybridized carbons (Fsp3) is 0.227. The van der Waals surface area contributed by atoms with Crippen LogP contribution >= 0.6 is 11.3 Å². The standard InChI is InChI=1S/C22H21N3O2S/c1-16-15-28-22(23-16)25(19-6-3-2-4-7-19)21(27)14-17-9-11-18(12-10-17)24-13-5-8-20(24)26/h2-4,6-7,9-12,15H,5,8,13-14H2,1H3. The Labute approximate surface area is 168 Å². The van der Waals surface area contributed by atoms with E-state index in [-0.39, 0.29) is 18.2 Å². The molecular formula is C22H21N3O2S. The van der Waals surface area contributed by atoms with Gasteiger partial charge in [0, 0.05) is 24.0 Å². The smallest absolute Gasteiger partial charge is 0.237 e. The van der Waals surface area contributed by atoms with E-state index < -0.39 is 0 Å². The predicted molar refractivity (Wildman–Crippen MR) is 112 cm³/mol. The van der Waals surface area contributed by atoms with E-state index in [4.69, 9.17) is 0 Å². The molecule has 2 amide bonds. The highest BCUT2D eigenvalue weighted by Gasteiger charge is 2.23. The van der Waals surface area contributed by atoms with Crippen molar-refractivity contribution in [3.8, 4) is 0 Å². The highest BCUT2D eigenvalue weighted by molar-refractivity contribution is 7.14. The summed E-state index contributed by atoms with van der Waals surface area (Å²) >= 11 is 1.46. The predicted octanol–water partition coefficient (Wildman–Crippen LogP) is 4.49. The number of nitrogens with zero attached hydrogens (tertiary/aromatic N) is 3. The number of thiazole rings is 1. The van der Waals surface area contributed by atoms with Gasteiger partial charge >= 0.3 is 0 Å². The van der Waals surface area contributed by atoms with Gasteiger partial charge in [0.15, 0.2) is 5.13 Å². The summed E-state index contributed by atoms with van der Waals surface area (Å²) in [5.41, 5.74) is 3.51. The van der Waals surface area contributed by atoms with Crippen LogP contribution in [0, 0.1) is 6.92 Å². The van der Waals surface area contributed by atoms with Crippen molar-refractivity contribution < 1.29 is 9.59 Å². The van der Waals surface area contributed by atoms with Gasteiger partial charge < -0.3 is 4.90 Å². The van der Waals surface area contributed by atoms with Gasteiger partial charge in [-0.2, -0.15) is 0 Å². The Kier molecular flexibility index (Phi) is 5.21. The minimum atomic E-state index is -0.0365. The van der Waals surface area contributed by atoms with E-state index in [0.717, 1.165) is 35.6 Å². The number of hydrogen-bond acceptors (Lipinski definition) is 4. The van der Waals surface area contributed by atoms with Gasteiger partial charge in [-0.05, 0) is 43.2 Å². The van der Waals surface area contributed by atoms with E-state index >= 15 is 0 Å². The van der Waals surface area contributed by atoms with Crippen molar-refractivity contribution in [3.05, 3.63) is 71.2 Å². The minimum absolute atomic E-state index is 0.0365. The Balaban J connectivity index is 1.55. The summed E-state index contributed by atoms with van der Waals surface area (Å²) < 4.78 is 0. The van der Waals surface area contributed by atoms with E-state index in [9.17, 15) is 9.59 Å². The molecule has 142 valence electrons. The lowest BCUT2D eigenvalue weighted by Gasteiger charge is -2.20. The zero-order chi connectivity index (χ0) is 19.5. The van der Waals surface area contributed by atoms with Crippen LogP contribution in [0.5, 0.6) is 0 Å².